The van der Waals surface area contributed by atoms with Crippen LogP contribution in [0.4, 0.5) is 34.1 Å². The highest BCUT2D eigenvalue weighted by Gasteiger charge is 2.15. The number of anilines is 6. The quantitative estimate of drug-likeness (QED) is 0.113. The summed E-state index contributed by atoms with van der Waals surface area (Å²) in [4.78, 5) is 4.65. The Bertz CT molecular complexity index is 2670. The molecule has 0 spiro atoms. The van der Waals surface area contributed by atoms with Crippen LogP contribution in [-0.4, -0.2) is 0 Å². The zero-order valence-corrected chi connectivity index (χ0v) is 35.5. The van der Waals surface area contributed by atoms with Crippen molar-refractivity contribution in [2.75, 3.05) is 9.80 Å². The molecule has 0 N–H and O–H groups in total. The Balaban J connectivity index is 0.910. The summed E-state index contributed by atoms with van der Waals surface area (Å²) in [7, 11) is 0. The summed E-state index contributed by atoms with van der Waals surface area (Å²) in [6, 6.07) is 95.2. The molecule has 0 saturated carbocycles. The highest BCUT2D eigenvalue weighted by atomic mass is 15.1. The van der Waals surface area contributed by atoms with Gasteiger partial charge in [-0.15, -0.1) is 0 Å². The van der Waals surface area contributed by atoms with Gasteiger partial charge in [0.15, 0.2) is 0 Å². The molecule has 0 saturated heterocycles. The minimum atomic E-state index is 1.09. The molecule has 64 heavy (non-hydrogen) atoms. The average Bonchev–Trinajstić information content (AvgIpc) is 3.38. The van der Waals surface area contributed by atoms with E-state index in [0.717, 1.165) is 45.3 Å². The molecule has 304 valence electrons. The molecule has 2 heteroatoms. The largest absolute Gasteiger partial charge is 0.311 e. The van der Waals surface area contributed by atoms with Gasteiger partial charge >= 0.3 is 0 Å². The maximum atomic E-state index is 2.33. The van der Waals surface area contributed by atoms with Crippen molar-refractivity contribution in [3.05, 3.63) is 278 Å². The molecular weight excluding hydrogens is 773 g/mol. The second-order valence-corrected chi connectivity index (χ2v) is 15.8. The van der Waals surface area contributed by atoms with Gasteiger partial charge in [-0.1, -0.05) is 206 Å². The first-order valence-corrected chi connectivity index (χ1v) is 21.8. The summed E-state index contributed by atoms with van der Waals surface area (Å²) >= 11 is 0. The van der Waals surface area contributed by atoms with Crippen LogP contribution in [0.15, 0.2) is 267 Å². The smallest absolute Gasteiger partial charge is 0.0462 e. The van der Waals surface area contributed by atoms with Gasteiger partial charge in [0.25, 0.3) is 0 Å². The lowest BCUT2D eigenvalue weighted by Gasteiger charge is -2.26. The Morgan fingerprint density at radius 2 is 0.344 bits per heavy atom. The molecule has 0 amide bonds. The summed E-state index contributed by atoms with van der Waals surface area (Å²) in [6.07, 6.45) is 4.38. The van der Waals surface area contributed by atoms with Crippen LogP contribution in [0.3, 0.4) is 0 Å². The van der Waals surface area contributed by atoms with Gasteiger partial charge in [-0.3, -0.25) is 0 Å². The van der Waals surface area contributed by atoms with Gasteiger partial charge in [0.2, 0.25) is 0 Å². The van der Waals surface area contributed by atoms with Crippen molar-refractivity contribution in [1.82, 2.24) is 0 Å². The first kappa shape index (κ1) is 39.7. The Labute approximate surface area is 377 Å². The minimum absolute atomic E-state index is 1.09. The molecule has 0 aliphatic rings. The average molecular weight is 819 g/mol. The third-order valence-corrected chi connectivity index (χ3v) is 11.7. The SMILES string of the molecule is C(=C\c1ccc(N(c2ccc(-c3ccccc3)cc2)c2ccc(-c3ccccc3)cc2)cc1)/c1ccc(N(c2ccc(-c3ccccc3)cc2)c2ccc(-c3ccccc3)cc2)cc1. The van der Waals surface area contributed by atoms with Crippen LogP contribution in [0, 0.1) is 0 Å². The van der Waals surface area contributed by atoms with E-state index in [-0.39, 0.29) is 0 Å². The summed E-state index contributed by atoms with van der Waals surface area (Å²) in [6.45, 7) is 0. The molecule has 10 rings (SSSR count). The maximum absolute atomic E-state index is 2.33. The van der Waals surface area contributed by atoms with Crippen molar-refractivity contribution >= 4 is 46.3 Å². The zero-order valence-electron chi connectivity index (χ0n) is 35.5. The van der Waals surface area contributed by atoms with Crippen LogP contribution in [0.25, 0.3) is 56.7 Å². The first-order chi connectivity index (χ1) is 31.7. The van der Waals surface area contributed by atoms with E-state index in [1.807, 2.05) is 0 Å². The summed E-state index contributed by atoms with van der Waals surface area (Å²) in [5, 5.41) is 0. The fourth-order valence-electron chi connectivity index (χ4n) is 8.29. The molecule has 0 heterocycles. The highest BCUT2D eigenvalue weighted by molar-refractivity contribution is 5.83. The van der Waals surface area contributed by atoms with Crippen LogP contribution >= 0.6 is 0 Å². The van der Waals surface area contributed by atoms with E-state index in [2.05, 4.69) is 289 Å². The molecule has 0 radical (unpaired) electrons. The predicted molar refractivity (Wildman–Crippen MR) is 273 cm³/mol. The van der Waals surface area contributed by atoms with Crippen LogP contribution in [0.1, 0.15) is 11.1 Å². The molecular formula is C62H46N2. The molecule has 10 aromatic rings. The predicted octanol–water partition coefficient (Wildman–Crippen LogP) is 17.5. The molecule has 10 aromatic carbocycles. The number of rotatable bonds is 12. The van der Waals surface area contributed by atoms with E-state index in [9.17, 15) is 0 Å². The zero-order chi connectivity index (χ0) is 42.9. The Morgan fingerprint density at radius 3 is 0.547 bits per heavy atom. The molecule has 0 aliphatic carbocycles. The molecule has 2 nitrogen and oxygen atoms in total. The van der Waals surface area contributed by atoms with Crippen molar-refractivity contribution in [2.24, 2.45) is 0 Å². The monoisotopic (exact) mass is 818 g/mol. The third-order valence-electron chi connectivity index (χ3n) is 11.7. The normalized spacial score (nSPS) is 11.1. The number of benzene rings is 10. The van der Waals surface area contributed by atoms with Gasteiger partial charge in [-0.2, -0.15) is 0 Å². The van der Waals surface area contributed by atoms with Crippen LogP contribution in [0.5, 0.6) is 0 Å². The third kappa shape index (κ3) is 8.95. The van der Waals surface area contributed by atoms with Crippen LogP contribution in [0.2, 0.25) is 0 Å². The van der Waals surface area contributed by atoms with Crippen molar-refractivity contribution in [3.63, 3.8) is 0 Å². The topological polar surface area (TPSA) is 6.48 Å². The minimum Gasteiger partial charge on any atom is -0.311 e. The standard InChI is InChI=1S/C62H46N2/c1-5-13-49(14-6-1)53-27-39-59(40-28-53)63(60-41-29-54(30-42-60)50-15-7-2-8-16-50)57-35-23-47(24-36-57)21-22-48-25-37-58(38-26-48)64(61-43-31-55(32-44-61)51-17-9-3-10-18-51)62-45-33-56(34-46-62)52-19-11-4-12-20-52/h1-46H/b22-21+. The van der Waals surface area contributed by atoms with E-state index < -0.39 is 0 Å². The maximum Gasteiger partial charge on any atom is 0.0462 e. The van der Waals surface area contributed by atoms with E-state index in [0.29, 0.717) is 0 Å². The molecule has 0 bridgehead atoms. The fourth-order valence-corrected chi connectivity index (χ4v) is 8.29. The number of hydrogen-bond donors (Lipinski definition) is 0. The lowest BCUT2D eigenvalue weighted by Crippen LogP contribution is -2.09. The van der Waals surface area contributed by atoms with Gasteiger partial charge in [0.1, 0.15) is 0 Å². The van der Waals surface area contributed by atoms with Crippen molar-refractivity contribution in [3.8, 4) is 44.5 Å². The van der Waals surface area contributed by atoms with E-state index in [1.165, 1.54) is 44.5 Å². The van der Waals surface area contributed by atoms with E-state index >= 15 is 0 Å². The van der Waals surface area contributed by atoms with Crippen molar-refractivity contribution in [1.29, 1.82) is 0 Å². The molecule has 0 unspecified atom stereocenters. The summed E-state index contributed by atoms with van der Waals surface area (Å²) < 4.78 is 0. The lowest BCUT2D eigenvalue weighted by atomic mass is 10.0. The summed E-state index contributed by atoms with van der Waals surface area (Å²) in [5.74, 6) is 0. The van der Waals surface area contributed by atoms with Gasteiger partial charge in [0.05, 0.1) is 0 Å². The van der Waals surface area contributed by atoms with Crippen molar-refractivity contribution in [2.45, 2.75) is 0 Å². The van der Waals surface area contributed by atoms with Crippen LogP contribution < -0.4 is 9.80 Å². The van der Waals surface area contributed by atoms with Gasteiger partial charge in [-0.05, 0) is 128 Å². The lowest BCUT2D eigenvalue weighted by molar-refractivity contribution is 1.28. The Morgan fingerprint density at radius 1 is 0.172 bits per heavy atom. The van der Waals surface area contributed by atoms with Gasteiger partial charge in [-0.25, -0.2) is 0 Å². The molecule has 0 aliphatic heterocycles. The Hall–Kier alpha value is -8.46. The molecule has 0 atom stereocenters. The summed E-state index contributed by atoms with van der Waals surface area (Å²) in [5.41, 5.74) is 18.5. The molecule has 0 aromatic heterocycles. The Kier molecular flexibility index (Phi) is 11.6. The molecule has 0 fully saturated rings. The first-order valence-electron chi connectivity index (χ1n) is 21.8. The van der Waals surface area contributed by atoms with E-state index in [4.69, 9.17) is 0 Å². The fraction of sp³-hybridized carbons (Fsp3) is 0. The second kappa shape index (κ2) is 18.7. The second-order valence-electron chi connectivity index (χ2n) is 15.8. The van der Waals surface area contributed by atoms with Crippen molar-refractivity contribution < 1.29 is 0 Å². The number of nitrogens with zero attached hydrogens (tertiary/aromatic N) is 2. The van der Waals surface area contributed by atoms with Crippen LogP contribution in [-0.2, 0) is 0 Å². The number of hydrogen-bond acceptors (Lipinski definition) is 2. The van der Waals surface area contributed by atoms with Gasteiger partial charge in [0, 0.05) is 34.1 Å². The highest BCUT2D eigenvalue weighted by Crippen LogP contribution is 2.39. The van der Waals surface area contributed by atoms with Gasteiger partial charge < -0.3 is 9.80 Å². The van der Waals surface area contributed by atoms with E-state index in [1.54, 1.807) is 0 Å².